The van der Waals surface area contributed by atoms with Crippen LogP contribution in [0.5, 0.6) is 0 Å². The predicted molar refractivity (Wildman–Crippen MR) is 40.8 cm³/mol. The lowest BCUT2D eigenvalue weighted by atomic mass is 10.2. The highest BCUT2D eigenvalue weighted by molar-refractivity contribution is 7.83. The second-order valence-corrected chi connectivity index (χ2v) is 5.38. The summed E-state index contributed by atoms with van der Waals surface area (Å²) in [7, 11) is 5.80. The maximum Gasteiger partial charge on any atom is 0.109 e. The summed E-state index contributed by atoms with van der Waals surface area (Å²) in [5.74, 6) is 0. The lowest BCUT2D eigenvalue weighted by molar-refractivity contribution is 0.777. The summed E-state index contributed by atoms with van der Waals surface area (Å²) in [5, 5.41) is 0. The van der Waals surface area contributed by atoms with Crippen LogP contribution < -0.4 is 0 Å². The Bertz CT molecular complexity index is 74.6. The van der Waals surface area contributed by atoms with E-state index in [1.165, 1.54) is 12.8 Å². The average Bonchev–Trinajstić information content (AvgIpc) is 1.98. The van der Waals surface area contributed by atoms with Gasteiger partial charge in [0.15, 0.2) is 0 Å². The van der Waals surface area contributed by atoms with Gasteiger partial charge in [-0.3, -0.25) is 0 Å². The van der Waals surface area contributed by atoms with E-state index in [1.54, 1.807) is 0 Å². The van der Waals surface area contributed by atoms with Crippen molar-refractivity contribution < 1.29 is 0 Å². The van der Waals surface area contributed by atoms with E-state index in [-0.39, 0.29) is 7.80 Å². The van der Waals surface area contributed by atoms with Crippen LogP contribution in [0.4, 0.5) is 0 Å². The molecule has 1 aliphatic heterocycles. The Morgan fingerprint density at radius 2 is 1.62 bits per heavy atom. The van der Waals surface area contributed by atoms with Crippen LogP contribution in [0.2, 0.25) is 0 Å². The van der Waals surface area contributed by atoms with E-state index in [1.807, 2.05) is 0 Å². The van der Waals surface area contributed by atoms with Gasteiger partial charge in [0.2, 0.25) is 0 Å². The molecule has 0 saturated carbocycles. The largest absolute Gasteiger partial charge is 0.151 e. The van der Waals surface area contributed by atoms with Crippen LogP contribution in [-0.2, 0) is 0 Å². The van der Waals surface area contributed by atoms with Gasteiger partial charge in [0.25, 0.3) is 0 Å². The molecule has 0 aromatic rings. The molecule has 2 radical (unpaired) electrons. The highest BCUT2D eigenvalue weighted by Gasteiger charge is 2.24. The fourth-order valence-corrected chi connectivity index (χ4v) is 2.98. The lowest BCUT2D eigenvalue weighted by Crippen LogP contribution is -1.94. The van der Waals surface area contributed by atoms with Gasteiger partial charge < -0.3 is 0 Å². The molecule has 1 rings (SSSR count). The third-order valence-electron chi connectivity index (χ3n) is 2.02. The van der Waals surface area contributed by atoms with Gasteiger partial charge >= 0.3 is 0 Å². The van der Waals surface area contributed by atoms with Crippen molar-refractivity contribution in [3.05, 3.63) is 0 Å². The van der Waals surface area contributed by atoms with Crippen LogP contribution in [0.15, 0.2) is 0 Å². The first kappa shape index (κ1) is 6.61. The molecule has 1 fully saturated rings. The molecular formula is C6H12BP. The fraction of sp³-hybridized carbons (Fsp3) is 1.00. The lowest BCUT2D eigenvalue weighted by Gasteiger charge is -2.14. The van der Waals surface area contributed by atoms with Crippen molar-refractivity contribution in [2.24, 2.45) is 0 Å². The van der Waals surface area contributed by atoms with Gasteiger partial charge in [-0.05, 0) is 24.2 Å². The summed E-state index contributed by atoms with van der Waals surface area (Å²) in [6, 6.07) is 0. The molecule has 1 heterocycles. The Morgan fingerprint density at radius 1 is 1.25 bits per heavy atom. The minimum absolute atomic E-state index is 0.0874. The summed E-state index contributed by atoms with van der Waals surface area (Å²) in [4.78, 5) is 0. The Labute approximate surface area is 54.2 Å². The second-order valence-electron chi connectivity index (χ2n) is 2.72. The number of hydrogen-bond donors (Lipinski definition) is 0. The minimum Gasteiger partial charge on any atom is -0.151 e. The van der Waals surface area contributed by atoms with E-state index in [2.05, 4.69) is 13.8 Å². The van der Waals surface area contributed by atoms with Gasteiger partial charge in [-0.2, -0.15) is 7.80 Å². The van der Waals surface area contributed by atoms with Gasteiger partial charge in [-0.1, -0.05) is 13.8 Å². The summed E-state index contributed by atoms with van der Waals surface area (Å²) < 4.78 is 0. The van der Waals surface area contributed by atoms with Gasteiger partial charge in [0, 0.05) is 0 Å². The Kier molecular flexibility index (Phi) is 1.98. The van der Waals surface area contributed by atoms with E-state index in [9.17, 15) is 0 Å². The van der Waals surface area contributed by atoms with Crippen molar-refractivity contribution in [2.75, 3.05) is 0 Å². The SMILES string of the molecule is [B]P1[C@H](C)CC[C@H]1C. The van der Waals surface area contributed by atoms with Gasteiger partial charge in [-0.15, -0.1) is 0 Å². The molecule has 0 N–H and O–H groups in total. The van der Waals surface area contributed by atoms with Gasteiger partial charge in [0.05, 0.1) is 0 Å². The predicted octanol–water partition coefficient (Wildman–Crippen LogP) is 2.12. The first-order chi connectivity index (χ1) is 3.72. The second kappa shape index (κ2) is 2.39. The molecule has 44 valence electrons. The summed E-state index contributed by atoms with van der Waals surface area (Å²) in [6.45, 7) is 4.55. The molecular weight excluding hydrogens is 114 g/mol. The van der Waals surface area contributed by atoms with Crippen LogP contribution in [0.25, 0.3) is 0 Å². The van der Waals surface area contributed by atoms with Crippen molar-refractivity contribution in [3.63, 3.8) is 0 Å². The van der Waals surface area contributed by atoms with Crippen LogP contribution in [-0.4, -0.2) is 18.9 Å². The molecule has 8 heavy (non-hydrogen) atoms. The van der Waals surface area contributed by atoms with Crippen LogP contribution in [0, 0.1) is 0 Å². The van der Waals surface area contributed by atoms with E-state index in [0.29, 0.717) is 0 Å². The van der Waals surface area contributed by atoms with Gasteiger partial charge in [0.1, 0.15) is 7.57 Å². The van der Waals surface area contributed by atoms with E-state index in [0.717, 1.165) is 11.3 Å². The highest BCUT2D eigenvalue weighted by Crippen LogP contribution is 2.51. The molecule has 2 heteroatoms. The van der Waals surface area contributed by atoms with E-state index >= 15 is 0 Å². The topological polar surface area (TPSA) is 0 Å². The monoisotopic (exact) mass is 126 g/mol. The molecule has 0 aromatic carbocycles. The van der Waals surface area contributed by atoms with Crippen LogP contribution in [0.3, 0.4) is 0 Å². The van der Waals surface area contributed by atoms with Crippen molar-refractivity contribution in [1.82, 2.24) is 0 Å². The van der Waals surface area contributed by atoms with E-state index in [4.69, 9.17) is 7.57 Å². The zero-order valence-electron chi connectivity index (χ0n) is 5.59. The van der Waals surface area contributed by atoms with E-state index < -0.39 is 0 Å². The zero-order chi connectivity index (χ0) is 6.15. The van der Waals surface area contributed by atoms with Crippen molar-refractivity contribution >= 4 is 15.4 Å². The third-order valence-corrected chi connectivity index (χ3v) is 4.57. The first-order valence-corrected chi connectivity index (χ1v) is 4.79. The van der Waals surface area contributed by atoms with Crippen LogP contribution in [0.1, 0.15) is 26.7 Å². The van der Waals surface area contributed by atoms with Crippen molar-refractivity contribution in [1.29, 1.82) is 0 Å². The average molecular weight is 126 g/mol. The maximum absolute atomic E-state index is 5.89. The maximum atomic E-state index is 5.89. The Hall–Kier alpha value is 0.495. The molecule has 0 bridgehead atoms. The summed E-state index contributed by atoms with van der Waals surface area (Å²) in [5.41, 5.74) is 1.67. The quantitative estimate of drug-likeness (QED) is 0.344. The van der Waals surface area contributed by atoms with Crippen LogP contribution >= 0.6 is 7.80 Å². The molecule has 0 amide bonds. The molecule has 0 nitrogen and oxygen atoms in total. The molecule has 2 atom stereocenters. The minimum atomic E-state index is -0.0874. The highest BCUT2D eigenvalue weighted by atomic mass is 31.1. The smallest absolute Gasteiger partial charge is 0.109 e. The summed E-state index contributed by atoms with van der Waals surface area (Å²) in [6.07, 6.45) is 2.73. The number of hydrogen-bond acceptors (Lipinski definition) is 0. The molecule has 0 unspecified atom stereocenters. The standard InChI is InChI=1S/C6H12BP/c1-5-3-4-6(2)8(5)7/h5-6H,3-4H2,1-2H3/t5-,6-/m1/s1. The van der Waals surface area contributed by atoms with Crippen molar-refractivity contribution in [3.8, 4) is 0 Å². The van der Waals surface area contributed by atoms with Crippen molar-refractivity contribution in [2.45, 2.75) is 38.0 Å². The Balaban J connectivity index is 2.44. The molecule has 0 spiro atoms. The third kappa shape index (κ3) is 1.08. The summed E-state index contributed by atoms with van der Waals surface area (Å²) >= 11 is 0. The molecule has 1 aliphatic rings. The molecule has 0 aromatic heterocycles. The number of rotatable bonds is 0. The first-order valence-electron chi connectivity index (χ1n) is 3.25. The fourth-order valence-electron chi connectivity index (χ4n) is 1.21. The Morgan fingerprint density at radius 3 is 1.75 bits per heavy atom. The molecule has 1 saturated heterocycles. The zero-order valence-corrected chi connectivity index (χ0v) is 6.49. The normalized spacial score (nSPS) is 40.8. The van der Waals surface area contributed by atoms with Gasteiger partial charge in [-0.25, -0.2) is 0 Å². The molecule has 0 aliphatic carbocycles.